The molecule has 0 saturated heterocycles. The summed E-state index contributed by atoms with van der Waals surface area (Å²) in [5, 5.41) is 14.8. The number of aliphatic carboxylic acids is 1. The molecule has 0 spiro atoms. The zero-order chi connectivity index (χ0) is 13.8. The number of nitrogens with zero attached hydrogens (tertiary/aromatic N) is 3. The average Bonchev–Trinajstić information content (AvgIpc) is 2.89. The van der Waals surface area contributed by atoms with Crippen molar-refractivity contribution in [2.45, 2.75) is 19.4 Å². The topological polar surface area (TPSA) is 87.9 Å². The van der Waals surface area contributed by atoms with E-state index in [-0.39, 0.29) is 12.2 Å². The molecule has 1 aromatic carbocycles. The molecule has 0 N–H and O–H groups in total. The molecule has 6 heteroatoms. The molecule has 0 saturated carbocycles. The van der Waals surface area contributed by atoms with E-state index in [1.165, 1.54) is 12.7 Å². The molecule has 0 aliphatic rings. The van der Waals surface area contributed by atoms with Gasteiger partial charge in [-0.05, 0) is 6.92 Å². The number of carboxylic acids is 1. The number of hydrogen-bond acceptors (Lipinski definition) is 5. The molecule has 98 valence electrons. The Bertz CT molecular complexity index is 576. The van der Waals surface area contributed by atoms with E-state index in [0.29, 0.717) is 5.56 Å². The van der Waals surface area contributed by atoms with Crippen LogP contribution in [0.4, 0.5) is 0 Å². The molecule has 0 unspecified atom stereocenters. The number of rotatable bonds is 5. The summed E-state index contributed by atoms with van der Waals surface area (Å²) in [6.45, 7) is 1.91. The maximum Gasteiger partial charge on any atom is 0.165 e. The number of aromatic nitrogens is 3. The van der Waals surface area contributed by atoms with Gasteiger partial charge in [0.1, 0.15) is 18.7 Å². The number of carbonyl (C=O) groups is 2. The monoisotopic (exact) mass is 258 g/mol. The Morgan fingerprint density at radius 3 is 2.53 bits per heavy atom. The minimum absolute atomic E-state index is 0.214. The third-order valence-electron chi connectivity index (χ3n) is 2.78. The number of Topliss-reactive ketones (excluding diaryl/α,β-unsaturated/α-hetero) is 1. The van der Waals surface area contributed by atoms with Crippen LogP contribution < -0.4 is 5.11 Å². The molecule has 6 nitrogen and oxygen atoms in total. The highest BCUT2D eigenvalue weighted by Gasteiger charge is 2.18. The second-order valence-corrected chi connectivity index (χ2v) is 4.20. The molecule has 0 fully saturated rings. The standard InChI is InChI=1S/C13H13N3O3/c1-9-2-4-10(5-3-9)12(17)6-11(13(18)19)16-8-14-7-15-16/h2-5,7-8,11H,6H2,1H3,(H,18,19)/p-1/t11-/m0/s1. The summed E-state index contributed by atoms with van der Waals surface area (Å²) < 4.78 is 1.11. The van der Waals surface area contributed by atoms with Gasteiger partial charge >= 0.3 is 0 Å². The average molecular weight is 258 g/mol. The second kappa shape index (κ2) is 5.43. The van der Waals surface area contributed by atoms with E-state index in [1.807, 2.05) is 6.92 Å². The summed E-state index contributed by atoms with van der Waals surface area (Å²) in [5.74, 6) is -1.63. The Balaban J connectivity index is 2.16. The van der Waals surface area contributed by atoms with Gasteiger partial charge in [0.2, 0.25) is 0 Å². The van der Waals surface area contributed by atoms with Crippen molar-refractivity contribution >= 4 is 11.8 Å². The van der Waals surface area contributed by atoms with Crippen LogP contribution in [0.1, 0.15) is 28.4 Å². The van der Waals surface area contributed by atoms with Gasteiger partial charge in [-0.15, -0.1) is 0 Å². The lowest BCUT2D eigenvalue weighted by Gasteiger charge is -2.17. The van der Waals surface area contributed by atoms with Crippen LogP contribution in [-0.2, 0) is 4.79 Å². The Labute approximate surface area is 109 Å². The van der Waals surface area contributed by atoms with E-state index in [2.05, 4.69) is 10.1 Å². The van der Waals surface area contributed by atoms with Gasteiger partial charge in [0.25, 0.3) is 0 Å². The maximum absolute atomic E-state index is 12.0. The summed E-state index contributed by atoms with van der Waals surface area (Å²) >= 11 is 0. The van der Waals surface area contributed by atoms with Crippen LogP contribution in [0.15, 0.2) is 36.9 Å². The van der Waals surface area contributed by atoms with Gasteiger partial charge in [0, 0.05) is 12.0 Å². The number of benzene rings is 1. The summed E-state index contributed by atoms with van der Waals surface area (Å²) in [7, 11) is 0. The van der Waals surface area contributed by atoms with Crippen molar-refractivity contribution in [2.75, 3.05) is 0 Å². The fraction of sp³-hybridized carbons (Fsp3) is 0.231. The van der Waals surface area contributed by atoms with Crippen molar-refractivity contribution in [1.82, 2.24) is 14.8 Å². The third kappa shape index (κ3) is 3.04. The van der Waals surface area contributed by atoms with Crippen LogP contribution in [0.25, 0.3) is 0 Å². The molecule has 2 rings (SSSR count). The fourth-order valence-corrected chi connectivity index (χ4v) is 1.70. The third-order valence-corrected chi connectivity index (χ3v) is 2.78. The van der Waals surface area contributed by atoms with Gasteiger partial charge in [0.05, 0.1) is 5.97 Å². The predicted octanol–water partition coefficient (Wildman–Crippen LogP) is 0.151. The summed E-state index contributed by atoms with van der Waals surface area (Å²) in [6.07, 6.45) is 2.25. The van der Waals surface area contributed by atoms with E-state index in [9.17, 15) is 14.7 Å². The molecular formula is C13H12N3O3-. The van der Waals surface area contributed by atoms with E-state index in [0.717, 1.165) is 10.2 Å². The Morgan fingerprint density at radius 2 is 2.00 bits per heavy atom. The van der Waals surface area contributed by atoms with Gasteiger partial charge in [0.15, 0.2) is 5.78 Å². The van der Waals surface area contributed by atoms with Crippen molar-refractivity contribution in [1.29, 1.82) is 0 Å². The first-order chi connectivity index (χ1) is 9.08. The summed E-state index contributed by atoms with van der Waals surface area (Å²) in [5.41, 5.74) is 1.50. The van der Waals surface area contributed by atoms with Crippen LogP contribution in [0.3, 0.4) is 0 Å². The van der Waals surface area contributed by atoms with Crippen LogP contribution >= 0.6 is 0 Å². The second-order valence-electron chi connectivity index (χ2n) is 4.20. The van der Waals surface area contributed by atoms with Crippen LogP contribution in [0, 0.1) is 6.92 Å². The first-order valence-electron chi connectivity index (χ1n) is 5.73. The molecular weight excluding hydrogens is 246 g/mol. The van der Waals surface area contributed by atoms with Gasteiger partial charge in [-0.3, -0.25) is 4.79 Å². The molecule has 1 heterocycles. The number of carboxylic acid groups (broad SMARTS) is 1. The largest absolute Gasteiger partial charge is 0.548 e. The highest BCUT2D eigenvalue weighted by Crippen LogP contribution is 2.14. The SMILES string of the molecule is Cc1ccc(C(=O)C[C@@H](C(=O)[O-])n2cncn2)cc1. The molecule has 2 aromatic rings. The minimum atomic E-state index is -1.36. The smallest absolute Gasteiger partial charge is 0.165 e. The molecule has 0 aliphatic heterocycles. The number of carbonyl (C=O) groups excluding carboxylic acids is 2. The molecule has 0 aliphatic carbocycles. The zero-order valence-electron chi connectivity index (χ0n) is 10.3. The van der Waals surface area contributed by atoms with E-state index >= 15 is 0 Å². The lowest BCUT2D eigenvalue weighted by Crippen LogP contribution is -2.35. The first kappa shape index (κ1) is 12.9. The van der Waals surface area contributed by atoms with Crippen LogP contribution in [0.2, 0.25) is 0 Å². The lowest BCUT2D eigenvalue weighted by atomic mass is 10.0. The van der Waals surface area contributed by atoms with Crippen molar-refractivity contribution in [2.24, 2.45) is 0 Å². The molecule has 0 radical (unpaired) electrons. The minimum Gasteiger partial charge on any atom is -0.548 e. The highest BCUT2D eigenvalue weighted by molar-refractivity contribution is 5.98. The molecule has 0 bridgehead atoms. The lowest BCUT2D eigenvalue weighted by molar-refractivity contribution is -0.310. The van der Waals surface area contributed by atoms with Crippen LogP contribution in [-0.4, -0.2) is 26.5 Å². The number of hydrogen-bond donors (Lipinski definition) is 0. The van der Waals surface area contributed by atoms with Crippen molar-refractivity contribution in [3.8, 4) is 0 Å². The van der Waals surface area contributed by atoms with Gasteiger partial charge < -0.3 is 9.90 Å². The number of aryl methyl sites for hydroxylation is 1. The van der Waals surface area contributed by atoms with Crippen LogP contribution in [0.5, 0.6) is 0 Å². The quantitative estimate of drug-likeness (QED) is 0.712. The first-order valence-corrected chi connectivity index (χ1v) is 5.73. The molecule has 1 atom stereocenters. The Kier molecular flexibility index (Phi) is 3.70. The maximum atomic E-state index is 12.0. The number of ketones is 1. The highest BCUT2D eigenvalue weighted by atomic mass is 16.4. The van der Waals surface area contributed by atoms with Crippen molar-refractivity contribution < 1.29 is 14.7 Å². The zero-order valence-corrected chi connectivity index (χ0v) is 10.3. The summed E-state index contributed by atoms with van der Waals surface area (Å²) in [6, 6.07) is 5.81. The fourth-order valence-electron chi connectivity index (χ4n) is 1.70. The van der Waals surface area contributed by atoms with E-state index < -0.39 is 12.0 Å². The van der Waals surface area contributed by atoms with Gasteiger partial charge in [-0.2, -0.15) is 5.10 Å². The molecule has 19 heavy (non-hydrogen) atoms. The molecule has 0 amide bonds. The Hall–Kier alpha value is -2.50. The van der Waals surface area contributed by atoms with Gasteiger partial charge in [-0.25, -0.2) is 9.67 Å². The van der Waals surface area contributed by atoms with Crippen molar-refractivity contribution in [3.63, 3.8) is 0 Å². The van der Waals surface area contributed by atoms with E-state index in [4.69, 9.17) is 0 Å². The van der Waals surface area contributed by atoms with Gasteiger partial charge in [-0.1, -0.05) is 29.8 Å². The summed E-state index contributed by atoms with van der Waals surface area (Å²) in [4.78, 5) is 26.7. The molecule has 1 aromatic heterocycles. The Morgan fingerprint density at radius 1 is 1.32 bits per heavy atom. The van der Waals surface area contributed by atoms with E-state index in [1.54, 1.807) is 24.3 Å². The van der Waals surface area contributed by atoms with Crippen molar-refractivity contribution in [3.05, 3.63) is 48.0 Å². The normalized spacial score (nSPS) is 12.1. The predicted molar refractivity (Wildman–Crippen MR) is 64.2 cm³/mol.